The summed E-state index contributed by atoms with van der Waals surface area (Å²) in [5, 5.41) is 1.40. The van der Waals surface area contributed by atoms with Gasteiger partial charge in [-0.25, -0.2) is 4.39 Å². The van der Waals surface area contributed by atoms with E-state index in [9.17, 15) is 4.39 Å². The maximum absolute atomic E-state index is 12.3. The lowest BCUT2D eigenvalue weighted by Gasteiger charge is -1.80. The second kappa shape index (κ2) is 2.03. The third-order valence-electron chi connectivity index (χ3n) is 0.919. The predicted molar refractivity (Wildman–Crippen MR) is 34.0 cm³/mol. The highest BCUT2D eigenvalue weighted by Gasteiger charge is 2.01. The molecule has 0 spiro atoms. The minimum atomic E-state index is -0.208. The first kappa shape index (κ1) is 6.05. The van der Waals surface area contributed by atoms with Gasteiger partial charge in [-0.05, 0) is 6.92 Å². The SMILES string of the molecule is Cc1c(F)csc1Cl. The van der Waals surface area contributed by atoms with Crippen molar-refractivity contribution in [2.24, 2.45) is 0 Å². The fourth-order valence-electron chi connectivity index (χ4n) is 0.374. The summed E-state index contributed by atoms with van der Waals surface area (Å²) in [4.78, 5) is 0. The van der Waals surface area contributed by atoms with Gasteiger partial charge in [0, 0.05) is 10.9 Å². The lowest BCUT2D eigenvalue weighted by atomic mass is 10.4. The Bertz CT molecular complexity index is 175. The van der Waals surface area contributed by atoms with E-state index in [1.807, 2.05) is 0 Å². The summed E-state index contributed by atoms with van der Waals surface area (Å²) in [5.41, 5.74) is 0.552. The third kappa shape index (κ3) is 0.858. The molecule has 0 amide bonds. The van der Waals surface area contributed by atoms with Crippen molar-refractivity contribution in [3.05, 3.63) is 21.1 Å². The minimum absolute atomic E-state index is 0.208. The first-order chi connectivity index (χ1) is 3.72. The molecule has 0 radical (unpaired) electrons. The van der Waals surface area contributed by atoms with E-state index in [0.717, 1.165) is 0 Å². The molecule has 0 saturated carbocycles. The number of thiophene rings is 1. The molecule has 0 aromatic carbocycles. The molecule has 0 aliphatic carbocycles. The molecule has 0 aliphatic rings. The van der Waals surface area contributed by atoms with Gasteiger partial charge >= 0.3 is 0 Å². The Hall–Kier alpha value is -0.0800. The van der Waals surface area contributed by atoms with E-state index in [2.05, 4.69) is 0 Å². The monoisotopic (exact) mass is 150 g/mol. The number of hydrogen-bond donors (Lipinski definition) is 0. The topological polar surface area (TPSA) is 0 Å². The van der Waals surface area contributed by atoms with E-state index in [1.165, 1.54) is 16.7 Å². The van der Waals surface area contributed by atoms with E-state index in [0.29, 0.717) is 9.90 Å². The Morgan fingerprint density at radius 2 is 2.38 bits per heavy atom. The highest BCUT2D eigenvalue weighted by Crippen LogP contribution is 2.24. The van der Waals surface area contributed by atoms with Crippen molar-refractivity contribution >= 4 is 22.9 Å². The molecular formula is C5H4ClFS. The van der Waals surface area contributed by atoms with Crippen molar-refractivity contribution in [2.75, 3.05) is 0 Å². The third-order valence-corrected chi connectivity index (χ3v) is 2.31. The lowest BCUT2D eigenvalue weighted by molar-refractivity contribution is 0.625. The Kier molecular flexibility index (Phi) is 1.54. The van der Waals surface area contributed by atoms with Crippen LogP contribution in [0.1, 0.15) is 5.56 Å². The summed E-state index contributed by atoms with van der Waals surface area (Å²) >= 11 is 6.73. The normalized spacial score (nSPS) is 9.88. The molecule has 0 aliphatic heterocycles. The molecule has 0 bridgehead atoms. The standard InChI is InChI=1S/C5H4ClFS/c1-3-4(7)2-8-5(3)6/h2H,1H3. The van der Waals surface area contributed by atoms with Crippen LogP contribution >= 0.6 is 22.9 Å². The van der Waals surface area contributed by atoms with Gasteiger partial charge in [0.25, 0.3) is 0 Å². The van der Waals surface area contributed by atoms with Crippen LogP contribution in [0, 0.1) is 12.7 Å². The molecule has 3 heteroatoms. The van der Waals surface area contributed by atoms with Crippen LogP contribution in [0.2, 0.25) is 4.34 Å². The van der Waals surface area contributed by atoms with Crippen LogP contribution in [0.15, 0.2) is 5.38 Å². The number of hydrogen-bond acceptors (Lipinski definition) is 1. The van der Waals surface area contributed by atoms with Crippen LogP contribution in [-0.4, -0.2) is 0 Å². The molecule has 0 atom stereocenters. The molecular weight excluding hydrogens is 147 g/mol. The van der Waals surface area contributed by atoms with Crippen molar-refractivity contribution in [3.8, 4) is 0 Å². The van der Waals surface area contributed by atoms with E-state index in [-0.39, 0.29) is 5.82 Å². The quantitative estimate of drug-likeness (QED) is 0.534. The van der Waals surface area contributed by atoms with Crippen LogP contribution in [-0.2, 0) is 0 Å². The Balaban J connectivity index is 3.19. The highest BCUT2D eigenvalue weighted by molar-refractivity contribution is 7.14. The Morgan fingerprint density at radius 3 is 2.50 bits per heavy atom. The van der Waals surface area contributed by atoms with Crippen LogP contribution in [0.25, 0.3) is 0 Å². The zero-order valence-corrected chi connectivity index (χ0v) is 5.81. The van der Waals surface area contributed by atoms with E-state index < -0.39 is 0 Å². The van der Waals surface area contributed by atoms with Crippen LogP contribution in [0.5, 0.6) is 0 Å². The second-order valence-electron chi connectivity index (χ2n) is 1.48. The molecule has 0 saturated heterocycles. The Labute approximate surface area is 55.9 Å². The maximum Gasteiger partial charge on any atom is 0.138 e. The summed E-state index contributed by atoms with van der Waals surface area (Å²) in [6.45, 7) is 1.66. The van der Waals surface area contributed by atoms with Gasteiger partial charge in [-0.3, -0.25) is 0 Å². The zero-order valence-electron chi connectivity index (χ0n) is 4.24. The van der Waals surface area contributed by atoms with Gasteiger partial charge in [-0.1, -0.05) is 11.6 Å². The van der Waals surface area contributed by atoms with Crippen molar-refractivity contribution < 1.29 is 4.39 Å². The minimum Gasteiger partial charge on any atom is -0.206 e. The van der Waals surface area contributed by atoms with E-state index >= 15 is 0 Å². The first-order valence-corrected chi connectivity index (χ1v) is 3.36. The molecule has 8 heavy (non-hydrogen) atoms. The van der Waals surface area contributed by atoms with Crippen molar-refractivity contribution in [2.45, 2.75) is 6.92 Å². The van der Waals surface area contributed by atoms with Gasteiger partial charge < -0.3 is 0 Å². The largest absolute Gasteiger partial charge is 0.206 e. The van der Waals surface area contributed by atoms with Gasteiger partial charge in [0.1, 0.15) is 5.82 Å². The second-order valence-corrected chi connectivity index (χ2v) is 2.96. The first-order valence-electron chi connectivity index (χ1n) is 2.11. The molecule has 1 heterocycles. The van der Waals surface area contributed by atoms with Gasteiger partial charge in [0.05, 0.1) is 4.34 Å². The maximum atomic E-state index is 12.3. The smallest absolute Gasteiger partial charge is 0.138 e. The average molecular weight is 151 g/mol. The molecule has 1 rings (SSSR count). The molecule has 1 aromatic heterocycles. The molecule has 1 aromatic rings. The summed E-state index contributed by atoms with van der Waals surface area (Å²) in [5.74, 6) is -0.208. The number of halogens is 2. The van der Waals surface area contributed by atoms with Crippen molar-refractivity contribution in [1.29, 1.82) is 0 Å². The highest BCUT2D eigenvalue weighted by atomic mass is 35.5. The number of rotatable bonds is 0. The van der Waals surface area contributed by atoms with E-state index in [4.69, 9.17) is 11.6 Å². The van der Waals surface area contributed by atoms with Gasteiger partial charge in [0.2, 0.25) is 0 Å². The fourth-order valence-corrected chi connectivity index (χ4v) is 1.26. The van der Waals surface area contributed by atoms with Gasteiger partial charge in [-0.2, -0.15) is 0 Å². The van der Waals surface area contributed by atoms with E-state index in [1.54, 1.807) is 6.92 Å². The summed E-state index contributed by atoms with van der Waals surface area (Å²) in [6.07, 6.45) is 0. The predicted octanol–water partition coefficient (Wildman–Crippen LogP) is 2.85. The van der Waals surface area contributed by atoms with Crippen LogP contribution in [0.4, 0.5) is 4.39 Å². The zero-order chi connectivity index (χ0) is 6.15. The van der Waals surface area contributed by atoms with Crippen LogP contribution in [0.3, 0.4) is 0 Å². The van der Waals surface area contributed by atoms with Crippen molar-refractivity contribution in [1.82, 2.24) is 0 Å². The average Bonchev–Trinajstić information content (AvgIpc) is 1.98. The molecule has 0 fully saturated rings. The van der Waals surface area contributed by atoms with Crippen molar-refractivity contribution in [3.63, 3.8) is 0 Å². The fraction of sp³-hybridized carbons (Fsp3) is 0.200. The van der Waals surface area contributed by atoms with Gasteiger partial charge in [0.15, 0.2) is 0 Å². The summed E-state index contributed by atoms with van der Waals surface area (Å²) < 4.78 is 12.8. The Morgan fingerprint density at radius 1 is 1.75 bits per heavy atom. The molecule has 0 N–H and O–H groups in total. The van der Waals surface area contributed by atoms with Gasteiger partial charge in [-0.15, -0.1) is 11.3 Å². The van der Waals surface area contributed by atoms with Crippen LogP contribution < -0.4 is 0 Å². The summed E-state index contributed by atoms with van der Waals surface area (Å²) in [6, 6.07) is 0. The molecule has 44 valence electrons. The summed E-state index contributed by atoms with van der Waals surface area (Å²) in [7, 11) is 0. The lowest BCUT2D eigenvalue weighted by Crippen LogP contribution is -1.68. The molecule has 0 nitrogen and oxygen atoms in total. The molecule has 0 unspecified atom stereocenters.